The molecule has 1 aromatic heterocycles. The Hall–Kier alpha value is -2.52. The number of para-hydroxylation sites is 1. The Bertz CT molecular complexity index is 793. The fourth-order valence-electron chi connectivity index (χ4n) is 2.39. The number of halogens is 1. The maximum Gasteiger partial charge on any atom is 0.129 e. The zero-order chi connectivity index (χ0) is 16.1. The van der Waals surface area contributed by atoms with Crippen molar-refractivity contribution in [2.24, 2.45) is 0 Å². The van der Waals surface area contributed by atoms with Crippen molar-refractivity contribution in [1.29, 1.82) is 0 Å². The van der Waals surface area contributed by atoms with Gasteiger partial charge in [0.25, 0.3) is 0 Å². The van der Waals surface area contributed by atoms with Crippen molar-refractivity contribution in [2.75, 3.05) is 0 Å². The third-order valence-electron chi connectivity index (χ3n) is 3.53. The predicted octanol–water partition coefficient (Wildman–Crippen LogP) is 5.02. The van der Waals surface area contributed by atoms with E-state index in [9.17, 15) is 0 Å². The van der Waals surface area contributed by atoms with E-state index in [1.165, 1.54) is 0 Å². The van der Waals surface area contributed by atoms with Gasteiger partial charge in [0, 0.05) is 23.0 Å². The van der Waals surface area contributed by atoms with Gasteiger partial charge in [0.2, 0.25) is 0 Å². The summed E-state index contributed by atoms with van der Waals surface area (Å²) >= 11 is 5.91. The van der Waals surface area contributed by atoms with Crippen LogP contribution in [-0.4, -0.2) is 9.55 Å². The quantitative estimate of drug-likeness (QED) is 0.658. The molecular formula is C19H17ClN2O. The molecule has 3 aromatic rings. The molecule has 0 unspecified atom stereocenters. The van der Waals surface area contributed by atoms with Crippen LogP contribution >= 0.6 is 11.6 Å². The molecule has 0 N–H and O–H groups in total. The van der Waals surface area contributed by atoms with Crippen LogP contribution in [0.3, 0.4) is 0 Å². The van der Waals surface area contributed by atoms with E-state index in [1.807, 2.05) is 72.3 Å². The molecule has 0 saturated heterocycles. The molecule has 3 nitrogen and oxygen atoms in total. The first-order valence-corrected chi connectivity index (χ1v) is 7.77. The molecule has 116 valence electrons. The van der Waals surface area contributed by atoms with Crippen LogP contribution in [0.25, 0.3) is 5.70 Å². The summed E-state index contributed by atoms with van der Waals surface area (Å²) in [6, 6.07) is 15.7. The Kier molecular flexibility index (Phi) is 4.79. The number of allylic oxidation sites excluding steroid dienone is 1. The molecule has 1 heterocycles. The molecule has 3 rings (SSSR count). The highest BCUT2D eigenvalue weighted by Crippen LogP contribution is 2.28. The first-order chi connectivity index (χ1) is 11.3. The topological polar surface area (TPSA) is 27.1 Å². The second-order valence-corrected chi connectivity index (χ2v) is 5.49. The number of hydrogen-bond donors (Lipinski definition) is 0. The van der Waals surface area contributed by atoms with Gasteiger partial charge in [-0.2, -0.15) is 0 Å². The average molecular weight is 325 g/mol. The van der Waals surface area contributed by atoms with Gasteiger partial charge in [-0.1, -0.05) is 41.9 Å². The first-order valence-electron chi connectivity index (χ1n) is 7.39. The van der Waals surface area contributed by atoms with Crippen molar-refractivity contribution in [2.45, 2.75) is 13.5 Å². The summed E-state index contributed by atoms with van der Waals surface area (Å²) in [7, 11) is 0. The van der Waals surface area contributed by atoms with Gasteiger partial charge in [-0.05, 0) is 36.8 Å². The zero-order valence-electron chi connectivity index (χ0n) is 12.8. The minimum atomic E-state index is 0.495. The lowest BCUT2D eigenvalue weighted by Crippen LogP contribution is -2.01. The van der Waals surface area contributed by atoms with E-state index < -0.39 is 0 Å². The molecule has 0 radical (unpaired) electrons. The molecule has 0 saturated carbocycles. The average Bonchev–Trinajstić information content (AvgIpc) is 3.10. The molecule has 0 aliphatic carbocycles. The Morgan fingerprint density at radius 2 is 1.96 bits per heavy atom. The van der Waals surface area contributed by atoms with Crippen molar-refractivity contribution in [3.63, 3.8) is 0 Å². The van der Waals surface area contributed by atoms with Gasteiger partial charge in [-0.25, -0.2) is 4.98 Å². The summed E-state index contributed by atoms with van der Waals surface area (Å²) in [6.07, 6.45) is 7.52. The number of aromatic nitrogens is 2. The van der Waals surface area contributed by atoms with Crippen molar-refractivity contribution in [3.05, 3.63) is 89.5 Å². The van der Waals surface area contributed by atoms with Gasteiger partial charge in [0.15, 0.2) is 0 Å². The highest BCUT2D eigenvalue weighted by Gasteiger charge is 2.09. The second-order valence-electron chi connectivity index (χ2n) is 5.06. The number of benzene rings is 2. The Balaban J connectivity index is 1.84. The van der Waals surface area contributed by atoms with Crippen molar-refractivity contribution in [1.82, 2.24) is 9.55 Å². The summed E-state index contributed by atoms with van der Waals surface area (Å²) in [5, 5.41) is 0.727. The molecule has 23 heavy (non-hydrogen) atoms. The summed E-state index contributed by atoms with van der Waals surface area (Å²) in [5.41, 5.74) is 3.14. The maximum atomic E-state index is 6.03. The van der Waals surface area contributed by atoms with E-state index in [2.05, 4.69) is 4.98 Å². The van der Waals surface area contributed by atoms with Gasteiger partial charge in [-0.3, -0.25) is 0 Å². The van der Waals surface area contributed by atoms with Crippen LogP contribution in [0, 0.1) is 0 Å². The van der Waals surface area contributed by atoms with E-state index in [1.54, 1.807) is 12.5 Å². The number of nitrogens with zero attached hydrogens (tertiary/aromatic N) is 2. The highest BCUT2D eigenvalue weighted by atomic mass is 35.5. The lowest BCUT2D eigenvalue weighted by Gasteiger charge is -2.14. The van der Waals surface area contributed by atoms with Crippen molar-refractivity contribution in [3.8, 4) is 5.75 Å². The van der Waals surface area contributed by atoms with Crippen LogP contribution in [-0.2, 0) is 6.61 Å². The zero-order valence-corrected chi connectivity index (χ0v) is 13.6. The van der Waals surface area contributed by atoms with E-state index in [-0.39, 0.29) is 0 Å². The lowest BCUT2D eigenvalue weighted by atomic mass is 10.1. The fourth-order valence-corrected chi connectivity index (χ4v) is 2.52. The minimum absolute atomic E-state index is 0.495. The van der Waals surface area contributed by atoms with Gasteiger partial charge >= 0.3 is 0 Å². The predicted molar refractivity (Wildman–Crippen MR) is 93.5 cm³/mol. The van der Waals surface area contributed by atoms with Crippen LogP contribution in [0.1, 0.15) is 18.1 Å². The molecule has 0 spiro atoms. The third kappa shape index (κ3) is 3.63. The van der Waals surface area contributed by atoms with E-state index in [4.69, 9.17) is 16.3 Å². The SMILES string of the molecule is C/C=C(\c1ccccc1OCc1ccc(Cl)cc1)n1ccnc1. The van der Waals surface area contributed by atoms with Crippen LogP contribution in [0.15, 0.2) is 73.3 Å². The largest absolute Gasteiger partial charge is 0.488 e. The summed E-state index contributed by atoms with van der Waals surface area (Å²) in [5.74, 6) is 0.837. The fraction of sp³-hybridized carbons (Fsp3) is 0.105. The molecule has 2 aromatic carbocycles. The first kappa shape index (κ1) is 15.4. The smallest absolute Gasteiger partial charge is 0.129 e. The number of hydrogen-bond acceptors (Lipinski definition) is 2. The highest BCUT2D eigenvalue weighted by molar-refractivity contribution is 6.30. The third-order valence-corrected chi connectivity index (χ3v) is 3.78. The van der Waals surface area contributed by atoms with E-state index in [0.29, 0.717) is 6.61 Å². The number of ether oxygens (including phenoxy) is 1. The summed E-state index contributed by atoms with van der Waals surface area (Å²) in [6.45, 7) is 2.50. The van der Waals surface area contributed by atoms with Gasteiger partial charge in [0.05, 0.1) is 12.0 Å². The molecule has 0 aliphatic heterocycles. The standard InChI is InChI=1S/C19H17ClN2O/c1-2-18(22-12-11-21-14-22)17-5-3-4-6-19(17)23-13-15-7-9-16(20)10-8-15/h2-12,14H,13H2,1H3/b18-2+. The second kappa shape index (κ2) is 7.16. The van der Waals surface area contributed by atoms with Gasteiger partial charge < -0.3 is 9.30 Å². The van der Waals surface area contributed by atoms with E-state index in [0.717, 1.165) is 27.6 Å². The van der Waals surface area contributed by atoms with Crippen LogP contribution in [0.4, 0.5) is 0 Å². The van der Waals surface area contributed by atoms with Crippen LogP contribution < -0.4 is 4.74 Å². The molecule has 0 bridgehead atoms. The van der Waals surface area contributed by atoms with Crippen LogP contribution in [0.2, 0.25) is 5.02 Å². The van der Waals surface area contributed by atoms with Crippen LogP contribution in [0.5, 0.6) is 5.75 Å². The number of imidazole rings is 1. The Morgan fingerprint density at radius 3 is 2.65 bits per heavy atom. The van der Waals surface area contributed by atoms with Crippen molar-refractivity contribution >= 4 is 17.3 Å². The molecule has 4 heteroatoms. The minimum Gasteiger partial charge on any atom is -0.488 e. The Morgan fingerprint density at radius 1 is 1.17 bits per heavy atom. The molecule has 0 atom stereocenters. The monoisotopic (exact) mass is 324 g/mol. The number of rotatable bonds is 5. The van der Waals surface area contributed by atoms with Gasteiger partial charge in [-0.15, -0.1) is 0 Å². The normalized spacial score (nSPS) is 11.5. The molecule has 0 amide bonds. The summed E-state index contributed by atoms with van der Waals surface area (Å²) < 4.78 is 8.00. The lowest BCUT2D eigenvalue weighted by molar-refractivity contribution is 0.305. The molecule has 0 fully saturated rings. The molecule has 0 aliphatic rings. The van der Waals surface area contributed by atoms with E-state index >= 15 is 0 Å². The molecular weight excluding hydrogens is 308 g/mol. The summed E-state index contributed by atoms with van der Waals surface area (Å²) in [4.78, 5) is 4.12. The maximum absolute atomic E-state index is 6.03. The van der Waals surface area contributed by atoms with Gasteiger partial charge in [0.1, 0.15) is 12.4 Å². The van der Waals surface area contributed by atoms with Crippen molar-refractivity contribution < 1.29 is 4.74 Å². The Labute approximate surface area is 140 Å².